The van der Waals surface area contributed by atoms with Crippen LogP contribution in [-0.2, 0) is 4.79 Å². The lowest BCUT2D eigenvalue weighted by atomic mass is 10.1. The van der Waals surface area contributed by atoms with Gasteiger partial charge in [-0.1, -0.05) is 17.9 Å². The Bertz CT molecular complexity index is 898. The molecule has 0 aromatic heterocycles. The molecule has 0 aliphatic heterocycles. The first-order valence-corrected chi connectivity index (χ1v) is 9.23. The number of rotatable bonds is 8. The van der Waals surface area contributed by atoms with Crippen LogP contribution in [0.3, 0.4) is 0 Å². The highest BCUT2D eigenvalue weighted by Crippen LogP contribution is 2.10. The Morgan fingerprint density at radius 2 is 1.79 bits per heavy atom. The second-order valence-electron chi connectivity index (χ2n) is 6.44. The number of carbonyl (C=O) groups excluding carboxylic acids is 2. The highest BCUT2D eigenvalue weighted by Gasteiger charge is 2.25. The molecule has 0 radical (unpaired) electrons. The van der Waals surface area contributed by atoms with Gasteiger partial charge in [0.25, 0.3) is 5.91 Å². The Morgan fingerprint density at radius 1 is 1.10 bits per heavy atom. The van der Waals surface area contributed by atoms with E-state index in [9.17, 15) is 14.7 Å². The predicted molar refractivity (Wildman–Crippen MR) is 111 cm³/mol. The first-order chi connectivity index (χ1) is 13.9. The molecule has 0 saturated carbocycles. The van der Waals surface area contributed by atoms with Crippen molar-refractivity contribution in [3.05, 3.63) is 65.2 Å². The topological polar surface area (TPSA) is 125 Å². The molecule has 0 aliphatic carbocycles. The van der Waals surface area contributed by atoms with Gasteiger partial charge >= 0.3 is 0 Å². The number of ketones is 1. The standard InChI is InChI=1S/C22H25N3O4/c1-15(27)21(20(28)14-26)25-22(29)18-9-7-16(8-10-18)5-6-17-3-2-4-19(13-17)24-12-11-23/h2-4,7-10,13,15,21,24,26-27H,11-12,14,23H2,1H3,(H,25,29)/t15-,21+/m1/s1. The smallest absolute Gasteiger partial charge is 0.251 e. The fourth-order valence-electron chi connectivity index (χ4n) is 2.57. The summed E-state index contributed by atoms with van der Waals surface area (Å²) in [5.74, 6) is 4.93. The fourth-order valence-corrected chi connectivity index (χ4v) is 2.57. The number of nitrogens with two attached hydrogens (primary N) is 1. The van der Waals surface area contributed by atoms with Gasteiger partial charge in [0, 0.05) is 35.5 Å². The molecule has 2 rings (SSSR count). The average Bonchev–Trinajstić information content (AvgIpc) is 2.74. The molecule has 2 aromatic rings. The number of benzene rings is 2. The molecule has 0 fully saturated rings. The van der Waals surface area contributed by atoms with E-state index in [4.69, 9.17) is 10.8 Å². The monoisotopic (exact) mass is 395 g/mol. The molecule has 0 aliphatic rings. The highest BCUT2D eigenvalue weighted by atomic mass is 16.3. The van der Waals surface area contributed by atoms with Gasteiger partial charge in [-0.2, -0.15) is 0 Å². The normalized spacial score (nSPS) is 12.3. The zero-order valence-corrected chi connectivity index (χ0v) is 16.2. The molecule has 0 saturated heterocycles. The van der Waals surface area contributed by atoms with Crippen molar-refractivity contribution in [2.24, 2.45) is 5.73 Å². The van der Waals surface area contributed by atoms with E-state index >= 15 is 0 Å². The Labute approximate surface area is 169 Å². The van der Waals surface area contributed by atoms with Gasteiger partial charge in [0.15, 0.2) is 5.78 Å². The first-order valence-electron chi connectivity index (χ1n) is 9.23. The SMILES string of the molecule is C[C@@H](O)[C@H](NC(=O)c1ccc(C#Cc2cccc(NCCN)c2)cc1)C(=O)CO. The van der Waals surface area contributed by atoms with Crippen LogP contribution in [-0.4, -0.2) is 53.7 Å². The van der Waals surface area contributed by atoms with Gasteiger partial charge in [0.2, 0.25) is 0 Å². The molecule has 7 heteroatoms. The summed E-state index contributed by atoms with van der Waals surface area (Å²) in [7, 11) is 0. The van der Waals surface area contributed by atoms with Crippen molar-refractivity contribution < 1.29 is 19.8 Å². The maximum absolute atomic E-state index is 12.3. The minimum Gasteiger partial charge on any atom is -0.391 e. The number of hydrogen-bond acceptors (Lipinski definition) is 6. The summed E-state index contributed by atoms with van der Waals surface area (Å²) in [6.07, 6.45) is -1.11. The Hall–Kier alpha value is -3.18. The summed E-state index contributed by atoms with van der Waals surface area (Å²) >= 11 is 0. The number of nitrogens with one attached hydrogen (secondary N) is 2. The van der Waals surface area contributed by atoms with Crippen LogP contribution in [0.25, 0.3) is 0 Å². The van der Waals surface area contributed by atoms with E-state index in [-0.39, 0.29) is 0 Å². The maximum atomic E-state index is 12.3. The van der Waals surface area contributed by atoms with Crippen molar-refractivity contribution in [3.63, 3.8) is 0 Å². The van der Waals surface area contributed by atoms with Crippen molar-refractivity contribution in [1.82, 2.24) is 5.32 Å². The summed E-state index contributed by atoms with van der Waals surface area (Å²) in [4.78, 5) is 23.9. The molecule has 0 bridgehead atoms. The largest absolute Gasteiger partial charge is 0.391 e. The van der Waals surface area contributed by atoms with Gasteiger partial charge in [-0.25, -0.2) is 0 Å². The number of carbonyl (C=O) groups is 2. The van der Waals surface area contributed by atoms with Crippen LogP contribution in [0.4, 0.5) is 5.69 Å². The lowest BCUT2D eigenvalue weighted by Gasteiger charge is -2.19. The minimum absolute atomic E-state index is 0.319. The molecule has 1 amide bonds. The van der Waals surface area contributed by atoms with Crippen LogP contribution in [0.15, 0.2) is 48.5 Å². The molecule has 152 valence electrons. The van der Waals surface area contributed by atoms with Crippen molar-refractivity contribution >= 4 is 17.4 Å². The number of amides is 1. The van der Waals surface area contributed by atoms with E-state index in [2.05, 4.69) is 22.5 Å². The molecule has 29 heavy (non-hydrogen) atoms. The molecule has 2 aromatic carbocycles. The van der Waals surface area contributed by atoms with Crippen molar-refractivity contribution in [2.45, 2.75) is 19.1 Å². The van der Waals surface area contributed by atoms with Gasteiger partial charge < -0.3 is 26.6 Å². The molecule has 0 unspecified atom stereocenters. The van der Waals surface area contributed by atoms with Crippen molar-refractivity contribution in [3.8, 4) is 11.8 Å². The maximum Gasteiger partial charge on any atom is 0.251 e. The van der Waals surface area contributed by atoms with E-state index in [1.165, 1.54) is 6.92 Å². The number of aliphatic hydroxyl groups excluding tert-OH is 2. The third-order valence-corrected chi connectivity index (χ3v) is 4.11. The van der Waals surface area contributed by atoms with Gasteiger partial charge in [-0.3, -0.25) is 9.59 Å². The summed E-state index contributed by atoms with van der Waals surface area (Å²) in [5, 5.41) is 24.2. The van der Waals surface area contributed by atoms with Gasteiger partial charge in [0.05, 0.1) is 6.10 Å². The second kappa shape index (κ2) is 11.0. The third kappa shape index (κ3) is 6.73. The summed E-state index contributed by atoms with van der Waals surface area (Å²) in [6, 6.07) is 13.1. The quantitative estimate of drug-likeness (QED) is 0.415. The summed E-state index contributed by atoms with van der Waals surface area (Å²) in [5.41, 5.74) is 8.32. The van der Waals surface area contributed by atoms with Gasteiger partial charge in [-0.05, 0) is 49.4 Å². The van der Waals surface area contributed by atoms with Crippen LogP contribution in [0.2, 0.25) is 0 Å². The molecule has 7 nitrogen and oxygen atoms in total. The van der Waals surface area contributed by atoms with Crippen molar-refractivity contribution in [1.29, 1.82) is 0 Å². The Kier molecular flexibility index (Phi) is 8.37. The number of aliphatic hydroxyl groups is 2. The first kappa shape index (κ1) is 22.1. The fraction of sp³-hybridized carbons (Fsp3) is 0.273. The Balaban J connectivity index is 2.06. The number of Topliss-reactive ketones (excluding diaryl/α,β-unsaturated/α-hetero) is 1. The summed E-state index contributed by atoms with van der Waals surface area (Å²) in [6.45, 7) is 1.84. The highest BCUT2D eigenvalue weighted by molar-refractivity contribution is 5.98. The molecular formula is C22H25N3O4. The Morgan fingerprint density at radius 3 is 2.41 bits per heavy atom. The second-order valence-corrected chi connectivity index (χ2v) is 6.44. The van der Waals surface area contributed by atoms with Gasteiger partial charge in [-0.15, -0.1) is 0 Å². The number of anilines is 1. The van der Waals surface area contributed by atoms with Gasteiger partial charge in [0.1, 0.15) is 12.6 Å². The van der Waals surface area contributed by atoms with Crippen LogP contribution in [0.1, 0.15) is 28.4 Å². The molecular weight excluding hydrogens is 370 g/mol. The molecule has 6 N–H and O–H groups in total. The van der Waals surface area contributed by atoms with Crippen molar-refractivity contribution in [2.75, 3.05) is 25.0 Å². The van der Waals surface area contributed by atoms with E-state index < -0.39 is 30.4 Å². The predicted octanol–water partition coefficient (Wildman–Crippen LogP) is 0.498. The van der Waals surface area contributed by atoms with E-state index in [1.807, 2.05) is 24.3 Å². The van der Waals surface area contributed by atoms with Crippen LogP contribution in [0, 0.1) is 11.8 Å². The zero-order chi connectivity index (χ0) is 21.2. The minimum atomic E-state index is -1.16. The lowest BCUT2D eigenvalue weighted by molar-refractivity contribution is -0.125. The van der Waals surface area contributed by atoms with E-state index in [1.54, 1.807) is 24.3 Å². The van der Waals surface area contributed by atoms with Crippen LogP contribution < -0.4 is 16.4 Å². The third-order valence-electron chi connectivity index (χ3n) is 4.11. The van der Waals surface area contributed by atoms with E-state index in [0.29, 0.717) is 18.7 Å². The van der Waals surface area contributed by atoms with Crippen LogP contribution in [0.5, 0.6) is 0 Å². The van der Waals surface area contributed by atoms with Crippen LogP contribution >= 0.6 is 0 Å². The average molecular weight is 395 g/mol. The molecule has 0 spiro atoms. The summed E-state index contributed by atoms with van der Waals surface area (Å²) < 4.78 is 0. The molecule has 2 atom stereocenters. The zero-order valence-electron chi connectivity index (χ0n) is 16.2. The number of hydrogen-bond donors (Lipinski definition) is 5. The molecule has 0 heterocycles. The van der Waals surface area contributed by atoms with E-state index in [0.717, 1.165) is 16.8 Å². The lowest BCUT2D eigenvalue weighted by Crippen LogP contribution is -2.48.